The minimum absolute atomic E-state index is 0.00853. The Labute approximate surface area is 221 Å². The molecule has 2 aromatic heterocycles. The van der Waals surface area contributed by atoms with E-state index in [1.165, 1.54) is 23.5 Å². The van der Waals surface area contributed by atoms with Crippen LogP contribution in [0.2, 0.25) is 10.0 Å². The number of amides is 1. The molecule has 2 N–H and O–H groups in total. The van der Waals surface area contributed by atoms with Crippen LogP contribution in [0.15, 0.2) is 83.8 Å². The second kappa shape index (κ2) is 9.59. The first-order chi connectivity index (χ1) is 17.2. The topological polar surface area (TPSA) is 93.1 Å². The molecule has 2 heterocycles. The molecule has 1 amide bonds. The second-order valence-corrected chi connectivity index (χ2v) is 11.4. The van der Waals surface area contributed by atoms with E-state index in [-0.39, 0.29) is 21.5 Å². The monoisotopic (exact) mass is 556 g/mol. The van der Waals surface area contributed by atoms with Gasteiger partial charge in [-0.15, -0.1) is 11.3 Å². The fourth-order valence-electron chi connectivity index (χ4n) is 3.60. The van der Waals surface area contributed by atoms with Crippen molar-refractivity contribution in [2.45, 2.75) is 11.8 Å². The van der Waals surface area contributed by atoms with Crippen molar-refractivity contribution in [2.75, 3.05) is 10.0 Å². The number of hydrogen-bond donors (Lipinski definition) is 2. The van der Waals surface area contributed by atoms with Crippen LogP contribution < -0.4 is 10.0 Å². The maximum absolute atomic E-state index is 13.1. The number of thiophene rings is 1. The van der Waals surface area contributed by atoms with Crippen LogP contribution in [-0.2, 0) is 10.0 Å². The number of rotatable bonds is 6. The fourth-order valence-corrected chi connectivity index (χ4v) is 6.17. The second-order valence-electron chi connectivity index (χ2n) is 7.87. The standard InChI is InChI=1S/C25H18Cl2N4O3S2/c1-15-20-14-23(35-25(20)31(29-15)18-11-9-16(26)10-12-18)24(32)28-17-5-4-6-19(13-17)36(33,34)30-22-8-3-2-7-21(22)27/h2-14,30H,1H3,(H,28,32). The highest BCUT2D eigenvalue weighted by Crippen LogP contribution is 2.31. The molecule has 0 saturated heterocycles. The Bertz CT molecular complexity index is 1710. The van der Waals surface area contributed by atoms with Gasteiger partial charge in [-0.3, -0.25) is 9.52 Å². The van der Waals surface area contributed by atoms with E-state index < -0.39 is 10.0 Å². The van der Waals surface area contributed by atoms with Gasteiger partial charge >= 0.3 is 0 Å². The summed E-state index contributed by atoms with van der Waals surface area (Å²) in [5, 5.41) is 9.13. The van der Waals surface area contributed by atoms with Gasteiger partial charge in [0.25, 0.3) is 15.9 Å². The molecule has 182 valence electrons. The molecule has 0 radical (unpaired) electrons. The minimum Gasteiger partial charge on any atom is -0.321 e. The number of halogens is 2. The van der Waals surface area contributed by atoms with Crippen LogP contribution in [0.25, 0.3) is 15.9 Å². The number of benzene rings is 3. The summed E-state index contributed by atoms with van der Waals surface area (Å²) in [6, 6.07) is 21.6. The molecule has 0 saturated carbocycles. The highest BCUT2D eigenvalue weighted by molar-refractivity contribution is 7.92. The first-order valence-corrected chi connectivity index (χ1v) is 13.7. The smallest absolute Gasteiger partial charge is 0.265 e. The average molecular weight is 557 g/mol. The normalized spacial score (nSPS) is 11.5. The van der Waals surface area contributed by atoms with Crippen molar-refractivity contribution in [1.82, 2.24) is 9.78 Å². The Morgan fingerprint density at radius 1 is 0.972 bits per heavy atom. The first-order valence-electron chi connectivity index (χ1n) is 10.7. The van der Waals surface area contributed by atoms with Gasteiger partial charge in [0.1, 0.15) is 4.83 Å². The number of fused-ring (bicyclic) bond motifs is 1. The number of carbonyl (C=O) groups excluding carboxylic acids is 1. The van der Waals surface area contributed by atoms with Crippen molar-refractivity contribution in [2.24, 2.45) is 0 Å². The molecule has 0 aliphatic heterocycles. The third kappa shape index (κ3) is 4.83. The number of hydrogen-bond acceptors (Lipinski definition) is 5. The summed E-state index contributed by atoms with van der Waals surface area (Å²) in [4.78, 5) is 14.3. The van der Waals surface area contributed by atoms with E-state index in [0.29, 0.717) is 15.6 Å². The number of nitrogens with one attached hydrogen (secondary N) is 2. The lowest BCUT2D eigenvalue weighted by Gasteiger charge is -2.11. The molecule has 0 fully saturated rings. The number of aryl methyl sites for hydroxylation is 1. The van der Waals surface area contributed by atoms with E-state index in [0.717, 1.165) is 21.6 Å². The van der Waals surface area contributed by atoms with Gasteiger partial charge in [-0.1, -0.05) is 41.4 Å². The van der Waals surface area contributed by atoms with E-state index in [4.69, 9.17) is 23.2 Å². The summed E-state index contributed by atoms with van der Waals surface area (Å²) in [6.45, 7) is 1.88. The zero-order valence-corrected chi connectivity index (χ0v) is 21.8. The summed E-state index contributed by atoms with van der Waals surface area (Å²) in [5.74, 6) is -0.355. The van der Waals surface area contributed by atoms with E-state index in [1.807, 2.05) is 19.1 Å². The Balaban J connectivity index is 1.40. The molecule has 3 aromatic carbocycles. The summed E-state index contributed by atoms with van der Waals surface area (Å²) >= 11 is 13.4. The summed E-state index contributed by atoms with van der Waals surface area (Å²) < 4.78 is 30.0. The number of para-hydroxylation sites is 1. The van der Waals surface area contributed by atoms with Crippen LogP contribution >= 0.6 is 34.5 Å². The quantitative estimate of drug-likeness (QED) is 0.241. The van der Waals surface area contributed by atoms with E-state index in [1.54, 1.807) is 59.3 Å². The predicted octanol–water partition coefficient (Wildman–Crippen LogP) is 6.76. The number of anilines is 2. The predicted molar refractivity (Wildman–Crippen MR) is 145 cm³/mol. The van der Waals surface area contributed by atoms with Crippen LogP contribution in [0.1, 0.15) is 15.4 Å². The number of sulfonamides is 1. The van der Waals surface area contributed by atoms with Crippen LogP contribution in [0.4, 0.5) is 11.4 Å². The lowest BCUT2D eigenvalue weighted by Crippen LogP contribution is -2.15. The molecular weight excluding hydrogens is 539 g/mol. The fraction of sp³-hybridized carbons (Fsp3) is 0.0400. The third-order valence-corrected chi connectivity index (χ3v) is 8.41. The maximum Gasteiger partial charge on any atom is 0.265 e. The third-order valence-electron chi connectivity index (χ3n) is 5.36. The van der Waals surface area contributed by atoms with Crippen molar-refractivity contribution in [1.29, 1.82) is 0 Å². The van der Waals surface area contributed by atoms with Gasteiger partial charge < -0.3 is 5.32 Å². The van der Waals surface area contributed by atoms with Crippen molar-refractivity contribution >= 4 is 72.1 Å². The molecular formula is C25H18Cl2N4O3S2. The van der Waals surface area contributed by atoms with Crippen molar-refractivity contribution in [3.8, 4) is 5.69 Å². The Morgan fingerprint density at radius 3 is 2.47 bits per heavy atom. The van der Waals surface area contributed by atoms with Crippen molar-refractivity contribution in [3.05, 3.63) is 99.5 Å². The number of aromatic nitrogens is 2. The summed E-state index contributed by atoms with van der Waals surface area (Å²) in [7, 11) is -3.92. The Hall–Kier alpha value is -3.37. The lowest BCUT2D eigenvalue weighted by molar-refractivity contribution is 0.103. The first kappa shape index (κ1) is 24.3. The molecule has 0 unspecified atom stereocenters. The van der Waals surface area contributed by atoms with Gasteiger partial charge in [0.15, 0.2) is 0 Å². The number of nitrogens with zero attached hydrogens (tertiary/aromatic N) is 2. The zero-order valence-electron chi connectivity index (χ0n) is 18.7. The van der Waals surface area contributed by atoms with Crippen LogP contribution in [-0.4, -0.2) is 24.1 Å². The van der Waals surface area contributed by atoms with Crippen LogP contribution in [0, 0.1) is 6.92 Å². The molecule has 11 heteroatoms. The van der Waals surface area contributed by atoms with Gasteiger partial charge in [0, 0.05) is 16.1 Å². The van der Waals surface area contributed by atoms with Gasteiger partial charge in [-0.2, -0.15) is 5.10 Å². The molecule has 5 aromatic rings. The van der Waals surface area contributed by atoms with Gasteiger partial charge in [-0.25, -0.2) is 13.1 Å². The van der Waals surface area contributed by atoms with E-state index in [2.05, 4.69) is 15.1 Å². The molecule has 36 heavy (non-hydrogen) atoms. The molecule has 5 rings (SSSR count). The minimum atomic E-state index is -3.92. The summed E-state index contributed by atoms with van der Waals surface area (Å²) in [6.07, 6.45) is 0. The van der Waals surface area contributed by atoms with Crippen LogP contribution in [0.5, 0.6) is 0 Å². The number of carbonyl (C=O) groups is 1. The lowest BCUT2D eigenvalue weighted by atomic mass is 10.3. The molecule has 0 bridgehead atoms. The molecule has 0 atom stereocenters. The Kier molecular flexibility index (Phi) is 6.48. The SMILES string of the molecule is Cc1nn(-c2ccc(Cl)cc2)c2sc(C(=O)Nc3cccc(S(=O)(=O)Nc4ccccc4Cl)c3)cc12. The van der Waals surface area contributed by atoms with Crippen LogP contribution in [0.3, 0.4) is 0 Å². The van der Waals surface area contributed by atoms with Gasteiger partial charge in [0.05, 0.1) is 31.9 Å². The van der Waals surface area contributed by atoms with Crippen molar-refractivity contribution < 1.29 is 13.2 Å². The molecule has 7 nitrogen and oxygen atoms in total. The molecule has 0 aliphatic rings. The summed E-state index contributed by atoms with van der Waals surface area (Å²) in [5.41, 5.74) is 2.23. The highest BCUT2D eigenvalue weighted by atomic mass is 35.5. The van der Waals surface area contributed by atoms with E-state index >= 15 is 0 Å². The largest absolute Gasteiger partial charge is 0.321 e. The average Bonchev–Trinajstić information content (AvgIpc) is 3.42. The highest BCUT2D eigenvalue weighted by Gasteiger charge is 2.19. The van der Waals surface area contributed by atoms with Gasteiger partial charge in [-0.05, 0) is 67.6 Å². The molecule has 0 spiro atoms. The van der Waals surface area contributed by atoms with Gasteiger partial charge in [0.2, 0.25) is 0 Å². The van der Waals surface area contributed by atoms with E-state index in [9.17, 15) is 13.2 Å². The maximum atomic E-state index is 13.1. The zero-order chi connectivity index (χ0) is 25.4. The van der Waals surface area contributed by atoms with Crippen molar-refractivity contribution in [3.63, 3.8) is 0 Å². The Morgan fingerprint density at radius 2 is 1.72 bits per heavy atom. The molecule has 0 aliphatic carbocycles.